The summed E-state index contributed by atoms with van der Waals surface area (Å²) >= 11 is 0. The minimum absolute atomic E-state index is 0.910. The van der Waals surface area contributed by atoms with E-state index in [1.54, 1.807) is 7.11 Å². The van der Waals surface area contributed by atoms with Gasteiger partial charge in [-0.2, -0.15) is 0 Å². The quantitative estimate of drug-likeness (QED) is 0.406. The van der Waals surface area contributed by atoms with Gasteiger partial charge >= 0.3 is 0 Å². The average Bonchev–Trinajstić information content (AvgIpc) is 1.96. The third-order valence-electron chi connectivity index (χ3n) is 1.70. The highest BCUT2D eigenvalue weighted by Gasteiger charge is 1.89. The summed E-state index contributed by atoms with van der Waals surface area (Å²) in [6.45, 7) is 6.87. The van der Waals surface area contributed by atoms with E-state index in [-0.39, 0.29) is 0 Å². The Bertz CT molecular complexity index is 97.0. The van der Waals surface area contributed by atoms with Crippen LogP contribution < -0.4 is 0 Å². The molecule has 0 saturated carbocycles. The first-order chi connectivity index (χ1) is 5.27. The van der Waals surface area contributed by atoms with Gasteiger partial charge in [-0.25, -0.2) is 0 Å². The maximum absolute atomic E-state index is 4.95. The zero-order valence-electron chi connectivity index (χ0n) is 7.86. The second kappa shape index (κ2) is 7.80. The van der Waals surface area contributed by atoms with Gasteiger partial charge in [0.15, 0.2) is 0 Å². The van der Waals surface area contributed by atoms with Crippen LogP contribution in [0, 0.1) is 0 Å². The monoisotopic (exact) mass is 156 g/mol. The first-order valence-corrected chi connectivity index (χ1v) is 4.40. The van der Waals surface area contributed by atoms with Crippen LogP contribution >= 0.6 is 0 Å². The number of hydrogen-bond acceptors (Lipinski definition) is 1. The lowest BCUT2D eigenvalue weighted by molar-refractivity contribution is 0.192. The van der Waals surface area contributed by atoms with E-state index in [1.807, 2.05) is 0 Å². The predicted octanol–water partition coefficient (Wildman–Crippen LogP) is 3.16. The highest BCUT2D eigenvalue weighted by atomic mass is 16.5. The molecule has 0 bridgehead atoms. The summed E-state index contributed by atoms with van der Waals surface area (Å²) in [4.78, 5) is 0. The minimum Gasteiger partial charge on any atom is -0.385 e. The molecule has 0 fully saturated rings. The van der Waals surface area contributed by atoms with Gasteiger partial charge in [-0.05, 0) is 26.2 Å². The summed E-state index contributed by atoms with van der Waals surface area (Å²) in [6.07, 6.45) is 6.29. The molecule has 0 aromatic heterocycles. The molecule has 0 spiro atoms. The molecule has 66 valence electrons. The van der Waals surface area contributed by atoms with Crippen molar-refractivity contribution >= 4 is 0 Å². The molecule has 0 aromatic carbocycles. The maximum atomic E-state index is 4.95. The van der Waals surface area contributed by atoms with E-state index in [2.05, 4.69) is 13.5 Å². The SMILES string of the molecule is C=C(C)CCCCCCOC. The molecule has 0 N–H and O–H groups in total. The molecule has 0 heterocycles. The fourth-order valence-electron chi connectivity index (χ4n) is 1.03. The van der Waals surface area contributed by atoms with Crippen molar-refractivity contribution in [2.24, 2.45) is 0 Å². The van der Waals surface area contributed by atoms with Crippen LogP contribution in [-0.2, 0) is 4.74 Å². The molecule has 11 heavy (non-hydrogen) atoms. The van der Waals surface area contributed by atoms with Crippen molar-refractivity contribution in [3.63, 3.8) is 0 Å². The predicted molar refractivity (Wildman–Crippen MR) is 49.8 cm³/mol. The number of methoxy groups -OCH3 is 1. The standard InChI is InChI=1S/C10H20O/c1-10(2)8-6-4-5-7-9-11-3/h1,4-9H2,2-3H3. The number of ether oxygens (including phenoxy) is 1. The average molecular weight is 156 g/mol. The first-order valence-electron chi connectivity index (χ1n) is 4.40. The van der Waals surface area contributed by atoms with Crippen molar-refractivity contribution in [1.82, 2.24) is 0 Å². The molecule has 0 radical (unpaired) electrons. The molecule has 1 nitrogen and oxygen atoms in total. The fraction of sp³-hybridized carbons (Fsp3) is 0.800. The Hall–Kier alpha value is -0.300. The van der Waals surface area contributed by atoms with Crippen molar-refractivity contribution in [1.29, 1.82) is 0 Å². The lowest BCUT2D eigenvalue weighted by Gasteiger charge is -2.00. The minimum atomic E-state index is 0.910. The molecular formula is C10H20O. The lowest BCUT2D eigenvalue weighted by atomic mass is 10.1. The number of allylic oxidation sites excluding steroid dienone is 1. The van der Waals surface area contributed by atoms with Crippen molar-refractivity contribution in [2.75, 3.05) is 13.7 Å². The molecule has 0 amide bonds. The van der Waals surface area contributed by atoms with Crippen molar-refractivity contribution < 1.29 is 4.74 Å². The van der Waals surface area contributed by atoms with E-state index in [0.717, 1.165) is 6.61 Å². The van der Waals surface area contributed by atoms with Crippen LogP contribution in [0.5, 0.6) is 0 Å². The highest BCUT2D eigenvalue weighted by Crippen LogP contribution is 2.07. The van der Waals surface area contributed by atoms with Crippen LogP contribution in [-0.4, -0.2) is 13.7 Å². The Morgan fingerprint density at radius 3 is 2.36 bits per heavy atom. The van der Waals surface area contributed by atoms with E-state index >= 15 is 0 Å². The van der Waals surface area contributed by atoms with E-state index in [4.69, 9.17) is 4.74 Å². The van der Waals surface area contributed by atoms with Gasteiger partial charge in [-0.3, -0.25) is 0 Å². The van der Waals surface area contributed by atoms with Crippen molar-refractivity contribution in [3.05, 3.63) is 12.2 Å². The first kappa shape index (κ1) is 10.7. The van der Waals surface area contributed by atoms with Gasteiger partial charge in [0.25, 0.3) is 0 Å². The summed E-state index contributed by atoms with van der Waals surface area (Å²) in [7, 11) is 1.76. The normalized spacial score (nSPS) is 10.0. The maximum Gasteiger partial charge on any atom is 0.0462 e. The molecule has 0 unspecified atom stereocenters. The Kier molecular flexibility index (Phi) is 7.59. The summed E-state index contributed by atoms with van der Waals surface area (Å²) in [5, 5.41) is 0. The molecule has 0 aromatic rings. The van der Waals surface area contributed by atoms with Crippen LogP contribution in [0.15, 0.2) is 12.2 Å². The van der Waals surface area contributed by atoms with Crippen molar-refractivity contribution in [2.45, 2.75) is 39.0 Å². The van der Waals surface area contributed by atoms with E-state index < -0.39 is 0 Å². The smallest absolute Gasteiger partial charge is 0.0462 e. The van der Waals surface area contributed by atoms with Crippen LogP contribution in [0.25, 0.3) is 0 Å². The molecule has 0 aliphatic heterocycles. The zero-order valence-corrected chi connectivity index (χ0v) is 7.86. The summed E-state index contributed by atoms with van der Waals surface area (Å²) in [6, 6.07) is 0. The Morgan fingerprint density at radius 2 is 1.82 bits per heavy atom. The lowest BCUT2D eigenvalue weighted by Crippen LogP contribution is -1.88. The third-order valence-corrected chi connectivity index (χ3v) is 1.70. The van der Waals surface area contributed by atoms with Gasteiger partial charge < -0.3 is 4.74 Å². The van der Waals surface area contributed by atoms with Crippen LogP contribution in [0.3, 0.4) is 0 Å². The van der Waals surface area contributed by atoms with Gasteiger partial charge in [-0.1, -0.05) is 18.4 Å². The molecule has 0 saturated heterocycles. The summed E-state index contributed by atoms with van der Waals surface area (Å²) in [5.74, 6) is 0. The van der Waals surface area contributed by atoms with Crippen LogP contribution in [0.4, 0.5) is 0 Å². The second-order valence-electron chi connectivity index (χ2n) is 3.11. The van der Waals surface area contributed by atoms with Crippen molar-refractivity contribution in [3.8, 4) is 0 Å². The Morgan fingerprint density at radius 1 is 1.18 bits per heavy atom. The summed E-state index contributed by atoms with van der Waals surface area (Å²) < 4.78 is 4.95. The molecule has 0 aliphatic rings. The number of unbranched alkanes of at least 4 members (excludes halogenated alkanes) is 3. The third kappa shape index (κ3) is 9.70. The van der Waals surface area contributed by atoms with E-state index in [9.17, 15) is 0 Å². The molecule has 0 atom stereocenters. The zero-order chi connectivity index (χ0) is 8.53. The van der Waals surface area contributed by atoms with Gasteiger partial charge in [-0.15, -0.1) is 6.58 Å². The highest BCUT2D eigenvalue weighted by molar-refractivity contribution is 4.86. The topological polar surface area (TPSA) is 9.23 Å². The Balaban J connectivity index is 2.85. The Labute approximate surface area is 70.4 Å². The number of hydrogen-bond donors (Lipinski definition) is 0. The molecule has 0 rings (SSSR count). The molecular weight excluding hydrogens is 136 g/mol. The van der Waals surface area contributed by atoms with Crippen LogP contribution in [0.2, 0.25) is 0 Å². The van der Waals surface area contributed by atoms with Gasteiger partial charge in [0.1, 0.15) is 0 Å². The van der Waals surface area contributed by atoms with Crippen LogP contribution in [0.1, 0.15) is 39.0 Å². The summed E-state index contributed by atoms with van der Waals surface area (Å²) in [5.41, 5.74) is 1.30. The molecule has 0 aliphatic carbocycles. The largest absolute Gasteiger partial charge is 0.385 e. The number of rotatable bonds is 7. The van der Waals surface area contributed by atoms with E-state index in [0.29, 0.717) is 0 Å². The van der Waals surface area contributed by atoms with Gasteiger partial charge in [0, 0.05) is 13.7 Å². The fourth-order valence-corrected chi connectivity index (χ4v) is 1.03. The second-order valence-corrected chi connectivity index (χ2v) is 3.11. The molecule has 1 heteroatoms. The van der Waals surface area contributed by atoms with Gasteiger partial charge in [0.2, 0.25) is 0 Å². The van der Waals surface area contributed by atoms with Gasteiger partial charge in [0.05, 0.1) is 0 Å². The van der Waals surface area contributed by atoms with E-state index in [1.165, 1.54) is 37.7 Å².